The summed E-state index contributed by atoms with van der Waals surface area (Å²) in [5.74, 6) is 0. The molecule has 84 valence electrons. The molecule has 0 aliphatic heterocycles. The second kappa shape index (κ2) is 4.20. The number of aromatic nitrogens is 3. The summed E-state index contributed by atoms with van der Waals surface area (Å²) in [6.07, 6.45) is 3.50. The van der Waals surface area contributed by atoms with Crippen LogP contribution < -0.4 is 5.73 Å². The van der Waals surface area contributed by atoms with Crippen LogP contribution in [-0.2, 0) is 0 Å². The number of benzene rings is 1. The van der Waals surface area contributed by atoms with Crippen LogP contribution in [0.2, 0.25) is 0 Å². The number of rotatable bonds is 2. The van der Waals surface area contributed by atoms with Gasteiger partial charge < -0.3 is 5.73 Å². The number of nitrogens with zero attached hydrogens (tertiary/aromatic N) is 3. The van der Waals surface area contributed by atoms with Gasteiger partial charge in [-0.25, -0.2) is 0 Å². The van der Waals surface area contributed by atoms with Crippen LogP contribution in [0.15, 0.2) is 42.7 Å². The highest BCUT2D eigenvalue weighted by Gasteiger charge is 2.14. The van der Waals surface area contributed by atoms with E-state index in [0.717, 1.165) is 21.3 Å². The van der Waals surface area contributed by atoms with Crippen molar-refractivity contribution >= 4 is 22.4 Å². The fraction of sp³-hybridized carbons (Fsp3) is 0.0833. The first-order valence-corrected chi connectivity index (χ1v) is 6.00. The largest absolute Gasteiger partial charge is 0.319 e. The molecule has 17 heavy (non-hydrogen) atoms. The molecule has 1 unspecified atom stereocenters. The molecule has 0 spiro atoms. The molecule has 0 fully saturated rings. The van der Waals surface area contributed by atoms with Gasteiger partial charge in [0.25, 0.3) is 0 Å². The lowest BCUT2D eigenvalue weighted by molar-refractivity contribution is 0.897. The number of hydrogen-bond donors (Lipinski definition) is 1. The van der Waals surface area contributed by atoms with Crippen LogP contribution in [0.4, 0.5) is 0 Å². The normalized spacial score (nSPS) is 12.8. The smallest absolute Gasteiger partial charge is 0.0705 e. The third-order valence-electron chi connectivity index (χ3n) is 2.70. The van der Waals surface area contributed by atoms with E-state index < -0.39 is 0 Å². The predicted molar refractivity (Wildman–Crippen MR) is 67.7 cm³/mol. The summed E-state index contributed by atoms with van der Waals surface area (Å²) in [6.45, 7) is 0. The molecule has 0 saturated heterocycles. The van der Waals surface area contributed by atoms with Crippen molar-refractivity contribution in [3.63, 3.8) is 0 Å². The van der Waals surface area contributed by atoms with E-state index in [2.05, 4.69) is 14.6 Å². The molecule has 2 N–H and O–H groups in total. The molecule has 5 heteroatoms. The number of hydrogen-bond acceptors (Lipinski definition) is 5. The molecule has 3 aromatic rings. The van der Waals surface area contributed by atoms with E-state index >= 15 is 0 Å². The van der Waals surface area contributed by atoms with Crippen molar-refractivity contribution in [2.24, 2.45) is 5.73 Å². The first-order valence-electron chi connectivity index (χ1n) is 5.23. The van der Waals surface area contributed by atoms with Crippen LogP contribution in [0.1, 0.15) is 16.5 Å². The maximum atomic E-state index is 6.23. The first kappa shape index (κ1) is 10.3. The molecule has 1 atom stereocenters. The van der Waals surface area contributed by atoms with E-state index in [-0.39, 0.29) is 6.04 Å². The summed E-state index contributed by atoms with van der Waals surface area (Å²) in [6, 6.07) is 9.74. The summed E-state index contributed by atoms with van der Waals surface area (Å²) in [5.41, 5.74) is 8.24. The molecule has 0 bridgehead atoms. The SMILES string of the molecule is NC(c1cnns1)c1cccc2ncccc12. The van der Waals surface area contributed by atoms with Crippen molar-refractivity contribution in [3.05, 3.63) is 53.2 Å². The lowest BCUT2D eigenvalue weighted by Gasteiger charge is -2.11. The number of nitrogens with two attached hydrogens (primary N) is 1. The van der Waals surface area contributed by atoms with Gasteiger partial charge in [0.15, 0.2) is 0 Å². The molecular formula is C12H10N4S. The fourth-order valence-electron chi connectivity index (χ4n) is 1.86. The van der Waals surface area contributed by atoms with Gasteiger partial charge >= 0.3 is 0 Å². The minimum absolute atomic E-state index is 0.192. The van der Waals surface area contributed by atoms with Crippen molar-refractivity contribution in [1.82, 2.24) is 14.6 Å². The van der Waals surface area contributed by atoms with Gasteiger partial charge in [-0.15, -0.1) is 5.10 Å². The van der Waals surface area contributed by atoms with Gasteiger partial charge in [-0.3, -0.25) is 4.98 Å². The van der Waals surface area contributed by atoms with Crippen LogP contribution >= 0.6 is 11.5 Å². The Morgan fingerprint density at radius 3 is 2.94 bits per heavy atom. The fourth-order valence-corrected chi connectivity index (χ4v) is 2.39. The van der Waals surface area contributed by atoms with E-state index in [1.807, 2.05) is 30.3 Å². The Morgan fingerprint density at radius 2 is 2.12 bits per heavy atom. The maximum Gasteiger partial charge on any atom is 0.0705 e. The average molecular weight is 242 g/mol. The van der Waals surface area contributed by atoms with Crippen LogP contribution in [0, 0.1) is 0 Å². The van der Waals surface area contributed by atoms with Crippen LogP contribution in [0.25, 0.3) is 10.9 Å². The van der Waals surface area contributed by atoms with Gasteiger partial charge in [-0.05, 0) is 29.2 Å². The highest BCUT2D eigenvalue weighted by Crippen LogP contribution is 2.27. The van der Waals surface area contributed by atoms with Gasteiger partial charge in [0, 0.05) is 11.6 Å². The molecular weight excluding hydrogens is 232 g/mol. The molecule has 1 aromatic carbocycles. The Morgan fingerprint density at radius 1 is 1.18 bits per heavy atom. The van der Waals surface area contributed by atoms with E-state index in [1.54, 1.807) is 12.4 Å². The Bertz CT molecular complexity index is 631. The van der Waals surface area contributed by atoms with E-state index in [9.17, 15) is 0 Å². The van der Waals surface area contributed by atoms with Gasteiger partial charge in [0.05, 0.1) is 22.6 Å². The molecule has 0 aliphatic rings. The van der Waals surface area contributed by atoms with E-state index in [1.165, 1.54) is 11.5 Å². The number of fused-ring (bicyclic) bond motifs is 1. The summed E-state index contributed by atoms with van der Waals surface area (Å²) in [7, 11) is 0. The summed E-state index contributed by atoms with van der Waals surface area (Å²) in [4.78, 5) is 5.28. The van der Waals surface area contributed by atoms with Gasteiger partial charge in [0.2, 0.25) is 0 Å². The Balaban J connectivity index is 2.17. The molecule has 2 heterocycles. The minimum atomic E-state index is -0.192. The van der Waals surface area contributed by atoms with Gasteiger partial charge in [-0.2, -0.15) is 0 Å². The summed E-state index contributed by atoms with van der Waals surface area (Å²) < 4.78 is 3.84. The molecule has 0 amide bonds. The van der Waals surface area contributed by atoms with Crippen molar-refractivity contribution in [2.45, 2.75) is 6.04 Å². The highest BCUT2D eigenvalue weighted by atomic mass is 32.1. The van der Waals surface area contributed by atoms with E-state index in [4.69, 9.17) is 5.73 Å². The van der Waals surface area contributed by atoms with Crippen LogP contribution in [0.5, 0.6) is 0 Å². The second-order valence-corrected chi connectivity index (χ2v) is 4.53. The van der Waals surface area contributed by atoms with E-state index in [0.29, 0.717) is 0 Å². The highest BCUT2D eigenvalue weighted by molar-refractivity contribution is 7.05. The third-order valence-corrected chi connectivity index (χ3v) is 3.45. The zero-order valence-corrected chi connectivity index (χ0v) is 9.76. The van der Waals surface area contributed by atoms with Gasteiger partial charge in [-0.1, -0.05) is 22.7 Å². The summed E-state index contributed by atoms with van der Waals surface area (Å²) in [5, 5.41) is 4.90. The van der Waals surface area contributed by atoms with Gasteiger partial charge in [0.1, 0.15) is 0 Å². The monoisotopic (exact) mass is 242 g/mol. The Hall–Kier alpha value is -1.85. The average Bonchev–Trinajstić information content (AvgIpc) is 2.91. The zero-order valence-electron chi connectivity index (χ0n) is 8.95. The first-order chi connectivity index (χ1) is 8.36. The Kier molecular flexibility index (Phi) is 2.55. The van der Waals surface area contributed by atoms with Crippen molar-refractivity contribution in [2.75, 3.05) is 0 Å². The van der Waals surface area contributed by atoms with Crippen molar-refractivity contribution in [1.29, 1.82) is 0 Å². The zero-order chi connectivity index (χ0) is 11.7. The maximum absolute atomic E-state index is 6.23. The topological polar surface area (TPSA) is 64.7 Å². The van der Waals surface area contributed by atoms with Crippen LogP contribution in [0.3, 0.4) is 0 Å². The second-order valence-electron chi connectivity index (χ2n) is 3.71. The molecule has 4 nitrogen and oxygen atoms in total. The minimum Gasteiger partial charge on any atom is -0.319 e. The standard InChI is InChI=1S/C12H10N4S/c13-12(11-7-15-16-17-11)9-3-1-5-10-8(9)4-2-6-14-10/h1-7,12H,13H2. The molecule has 0 saturated carbocycles. The third kappa shape index (κ3) is 1.79. The summed E-state index contributed by atoms with van der Waals surface area (Å²) >= 11 is 1.33. The molecule has 2 aromatic heterocycles. The lowest BCUT2D eigenvalue weighted by atomic mass is 10.0. The molecule has 0 radical (unpaired) electrons. The predicted octanol–water partition coefficient (Wildman–Crippen LogP) is 2.13. The quantitative estimate of drug-likeness (QED) is 0.747. The number of pyridine rings is 1. The molecule has 3 rings (SSSR count). The van der Waals surface area contributed by atoms with Crippen molar-refractivity contribution in [3.8, 4) is 0 Å². The van der Waals surface area contributed by atoms with Crippen molar-refractivity contribution < 1.29 is 0 Å². The van der Waals surface area contributed by atoms with Crippen LogP contribution in [-0.4, -0.2) is 14.6 Å². The lowest BCUT2D eigenvalue weighted by Crippen LogP contribution is -2.10. The Labute approximate surface area is 102 Å². The molecule has 0 aliphatic carbocycles.